The Morgan fingerprint density at radius 2 is 1.71 bits per heavy atom. The number of benzene rings is 1. The second-order valence-electron chi connectivity index (χ2n) is 13.6. The summed E-state index contributed by atoms with van der Waals surface area (Å²) in [4.78, 5) is 7.19. The van der Waals surface area contributed by atoms with Gasteiger partial charge in [-0.15, -0.1) is 0 Å². The zero-order valence-electron chi connectivity index (χ0n) is 32.5. The van der Waals surface area contributed by atoms with E-state index in [1.165, 1.54) is 37.5 Å². The first-order valence-electron chi connectivity index (χ1n) is 18.5. The molecule has 274 valence electrons. The molecule has 1 saturated heterocycles. The maximum absolute atomic E-state index is 15.9. The summed E-state index contributed by atoms with van der Waals surface area (Å²) in [6.07, 6.45) is 8.19. The van der Waals surface area contributed by atoms with E-state index in [-0.39, 0.29) is 17.9 Å². The van der Waals surface area contributed by atoms with Crippen molar-refractivity contribution >= 4 is 5.84 Å². The van der Waals surface area contributed by atoms with E-state index < -0.39 is 28.8 Å². The van der Waals surface area contributed by atoms with Crippen LogP contribution in [0, 0.1) is 28.5 Å². The van der Waals surface area contributed by atoms with Crippen LogP contribution in [0.15, 0.2) is 70.4 Å². The lowest BCUT2D eigenvalue weighted by Gasteiger charge is -2.44. The molecule has 1 heterocycles. The monoisotopic (exact) mass is 683 g/mol. The molecule has 3 rings (SSSR count). The third kappa shape index (κ3) is 12.3. The number of nitriles is 1. The number of halogens is 3. The van der Waals surface area contributed by atoms with E-state index in [0.29, 0.717) is 24.0 Å². The fourth-order valence-corrected chi connectivity index (χ4v) is 6.16. The molecule has 1 aromatic carbocycles. The fourth-order valence-electron chi connectivity index (χ4n) is 6.16. The Balaban J connectivity index is 0.00000289. The van der Waals surface area contributed by atoms with E-state index >= 15 is 13.2 Å². The number of unbranched alkanes of at least 4 members (excludes halogenated alkanes) is 2. The number of nitrogens with one attached hydrogen (secondary N) is 1. The highest BCUT2D eigenvalue weighted by molar-refractivity contribution is 6.02. The zero-order chi connectivity index (χ0) is 37.5. The van der Waals surface area contributed by atoms with Crippen molar-refractivity contribution in [1.82, 2.24) is 10.2 Å². The van der Waals surface area contributed by atoms with Crippen molar-refractivity contribution in [3.05, 3.63) is 82.4 Å². The molecule has 7 heteroatoms. The van der Waals surface area contributed by atoms with Gasteiger partial charge >= 0.3 is 0 Å². The van der Waals surface area contributed by atoms with Gasteiger partial charge in [-0.2, -0.15) is 5.26 Å². The number of rotatable bonds is 16. The molecule has 2 atom stereocenters. The third-order valence-corrected chi connectivity index (χ3v) is 9.25. The van der Waals surface area contributed by atoms with Gasteiger partial charge in [0.05, 0.1) is 23.1 Å². The van der Waals surface area contributed by atoms with E-state index in [4.69, 9.17) is 4.99 Å². The molecule has 2 fully saturated rings. The molecule has 1 aliphatic heterocycles. The molecule has 1 N–H and O–H groups in total. The summed E-state index contributed by atoms with van der Waals surface area (Å²) < 4.78 is 46.9. The number of alkyl halides is 2. The Bertz CT molecular complexity index is 1370. The normalized spacial score (nSPS) is 17.2. The van der Waals surface area contributed by atoms with E-state index in [2.05, 4.69) is 43.3 Å². The number of amidine groups is 1. The average molecular weight is 683 g/mol. The van der Waals surface area contributed by atoms with E-state index in [9.17, 15) is 5.26 Å². The smallest absolute Gasteiger partial charge is 0.276 e. The van der Waals surface area contributed by atoms with Crippen LogP contribution in [0.3, 0.4) is 0 Å². The van der Waals surface area contributed by atoms with Crippen molar-refractivity contribution in [2.75, 3.05) is 13.1 Å². The van der Waals surface area contributed by atoms with Crippen LogP contribution in [0.1, 0.15) is 145 Å². The number of allylic oxidation sites excluding steroid dienone is 4. The van der Waals surface area contributed by atoms with Crippen molar-refractivity contribution in [2.24, 2.45) is 16.3 Å². The van der Waals surface area contributed by atoms with Crippen LogP contribution in [0.25, 0.3) is 0 Å². The number of likely N-dealkylation sites (tertiary alicyclic amines) is 1. The fraction of sp³-hybridized carbons (Fsp3) is 0.619. The minimum atomic E-state index is -3.28. The van der Waals surface area contributed by atoms with Crippen molar-refractivity contribution in [2.45, 2.75) is 146 Å². The van der Waals surface area contributed by atoms with Crippen molar-refractivity contribution < 1.29 is 13.2 Å². The van der Waals surface area contributed by atoms with E-state index in [0.717, 1.165) is 54.6 Å². The number of aliphatic imine (C=N–C) groups is 1. The van der Waals surface area contributed by atoms with Crippen LogP contribution in [0.4, 0.5) is 13.2 Å². The molecule has 49 heavy (non-hydrogen) atoms. The highest BCUT2D eigenvalue weighted by Gasteiger charge is 2.47. The first kappa shape index (κ1) is 43.9. The van der Waals surface area contributed by atoms with Crippen molar-refractivity contribution in [3.8, 4) is 6.07 Å². The summed E-state index contributed by atoms with van der Waals surface area (Å²) in [6, 6.07) is 6.37. The first-order valence-corrected chi connectivity index (χ1v) is 18.5. The molecule has 1 unspecified atom stereocenters. The van der Waals surface area contributed by atoms with Crippen LogP contribution in [-0.2, 0) is 5.92 Å². The summed E-state index contributed by atoms with van der Waals surface area (Å²) in [5, 5.41) is 13.1. The van der Waals surface area contributed by atoms with Crippen molar-refractivity contribution in [3.63, 3.8) is 0 Å². The molecule has 0 radical (unpaired) electrons. The van der Waals surface area contributed by atoms with E-state index in [1.54, 1.807) is 13.8 Å². The molecule has 1 aromatic rings. The second kappa shape index (κ2) is 20.5. The minimum absolute atomic E-state index is 0.108. The lowest BCUT2D eigenvalue weighted by atomic mass is 9.88. The summed E-state index contributed by atoms with van der Waals surface area (Å²) in [5.74, 6) is -3.54. The average Bonchev–Trinajstić information content (AvgIpc) is 3.82. The highest BCUT2D eigenvalue weighted by atomic mass is 19.3. The summed E-state index contributed by atoms with van der Waals surface area (Å²) in [5.41, 5.74) is 2.90. The van der Waals surface area contributed by atoms with Crippen LogP contribution in [0.2, 0.25) is 0 Å². The van der Waals surface area contributed by atoms with Gasteiger partial charge in [0.1, 0.15) is 11.7 Å². The van der Waals surface area contributed by atoms with Crippen LogP contribution in [-0.4, -0.2) is 29.9 Å². The predicted molar refractivity (Wildman–Crippen MR) is 203 cm³/mol. The summed E-state index contributed by atoms with van der Waals surface area (Å²) in [6.45, 7) is 31.4. The Morgan fingerprint density at radius 3 is 2.20 bits per heavy atom. The van der Waals surface area contributed by atoms with Gasteiger partial charge in [0, 0.05) is 42.4 Å². The number of hydrogen-bond acceptors (Lipinski definition) is 3. The molecule has 4 nitrogen and oxygen atoms in total. The largest absolute Gasteiger partial charge is 0.344 e. The zero-order valence-corrected chi connectivity index (χ0v) is 32.5. The quantitative estimate of drug-likeness (QED) is 0.0817. The molecular weight excluding hydrogens is 617 g/mol. The molecule has 0 bridgehead atoms. The molecule has 2 aliphatic rings. The summed E-state index contributed by atoms with van der Waals surface area (Å²) in [7, 11) is 0. The Labute approximate surface area is 297 Å². The topological polar surface area (TPSA) is 51.4 Å². The lowest BCUT2D eigenvalue weighted by molar-refractivity contribution is -0.0359. The van der Waals surface area contributed by atoms with Crippen LogP contribution >= 0.6 is 0 Å². The van der Waals surface area contributed by atoms with Crippen LogP contribution in [0.5, 0.6) is 0 Å². The van der Waals surface area contributed by atoms with Crippen LogP contribution < -0.4 is 5.32 Å². The van der Waals surface area contributed by atoms with Gasteiger partial charge in [0.25, 0.3) is 5.92 Å². The molecule has 1 saturated carbocycles. The second-order valence-corrected chi connectivity index (χ2v) is 13.6. The van der Waals surface area contributed by atoms with Gasteiger partial charge in [0.15, 0.2) is 0 Å². The molecule has 0 aromatic heterocycles. The maximum Gasteiger partial charge on any atom is 0.276 e. The molecule has 0 spiro atoms. The Morgan fingerprint density at radius 1 is 1.10 bits per heavy atom. The van der Waals surface area contributed by atoms with Crippen molar-refractivity contribution in [1.29, 1.82) is 5.26 Å². The molecule has 1 aliphatic carbocycles. The standard InChI is InChI=1S/C38H53F3N4.2C2H6/c1-10-11-12-14-28(8)45-22-30(23-45)17-18-38(40,41)33-16-13-15-31(35(33)39)29(9)44-36(43-27(6)7)32(25(2)3)21-34(26(4)5)37(24-42)19-20-37;2*1-2/h13,15-16,21,28-30H,4,6,10-12,14,17-20,22-23H2,1-3,5,7-9H3,(H,43,44);2*1-2H3/t28?,29-;;/m1../s1. The van der Waals surface area contributed by atoms with Gasteiger partial charge in [-0.05, 0) is 84.8 Å². The summed E-state index contributed by atoms with van der Waals surface area (Å²) >= 11 is 0. The SMILES string of the molecule is C=C(C)NC(=N[C@H](C)c1cccc(C(F)(F)CCC2CN(C(C)CCCCC)C2)c1F)C(C=C(C(=C)C)C1(C#N)CC1)=C(C)C.CC.CC. The van der Waals surface area contributed by atoms with Gasteiger partial charge in [-0.3, -0.25) is 4.99 Å². The Hall–Kier alpha value is -3.11. The molecule has 0 amide bonds. The van der Waals surface area contributed by atoms with Gasteiger partial charge < -0.3 is 10.2 Å². The molecular formula is C42H65F3N4. The number of hydrogen-bond donors (Lipinski definition) is 1. The van der Waals surface area contributed by atoms with Gasteiger partial charge in [-0.1, -0.05) is 96.4 Å². The third-order valence-electron chi connectivity index (χ3n) is 9.25. The maximum atomic E-state index is 15.9. The Kier molecular flexibility index (Phi) is 18.4. The first-order chi connectivity index (χ1) is 23.2. The van der Waals surface area contributed by atoms with Gasteiger partial charge in [0.2, 0.25) is 0 Å². The van der Waals surface area contributed by atoms with E-state index in [1.807, 2.05) is 54.5 Å². The predicted octanol–water partition coefficient (Wildman–Crippen LogP) is 12.4. The highest BCUT2D eigenvalue weighted by Crippen LogP contribution is 2.53. The minimum Gasteiger partial charge on any atom is -0.344 e. The van der Waals surface area contributed by atoms with Gasteiger partial charge in [-0.25, -0.2) is 13.2 Å². The number of nitrogens with zero attached hydrogens (tertiary/aromatic N) is 3. The lowest BCUT2D eigenvalue weighted by Crippen LogP contribution is -2.51.